The van der Waals surface area contributed by atoms with E-state index < -0.39 is 6.23 Å². The SMILES string of the molecule is O=C(CCCCCNC(O)/C=C/C=C/c1ccc(Cl)cc1)NO. The van der Waals surface area contributed by atoms with Crippen molar-refractivity contribution in [2.24, 2.45) is 0 Å². The minimum Gasteiger partial charge on any atom is -0.375 e. The Labute approximate surface area is 141 Å². The number of rotatable bonds is 10. The number of hydroxylamine groups is 1. The van der Waals surface area contributed by atoms with Gasteiger partial charge >= 0.3 is 0 Å². The third-order valence-corrected chi connectivity index (χ3v) is 3.37. The van der Waals surface area contributed by atoms with Crippen LogP contribution in [0.1, 0.15) is 31.2 Å². The number of amides is 1. The Morgan fingerprint density at radius 2 is 1.91 bits per heavy atom. The number of carbonyl (C=O) groups excluding carboxylic acids is 1. The molecule has 1 rings (SSSR count). The van der Waals surface area contributed by atoms with E-state index in [1.54, 1.807) is 17.6 Å². The first-order valence-corrected chi connectivity index (χ1v) is 7.94. The predicted molar refractivity (Wildman–Crippen MR) is 92.0 cm³/mol. The molecule has 23 heavy (non-hydrogen) atoms. The highest BCUT2D eigenvalue weighted by molar-refractivity contribution is 6.30. The maximum Gasteiger partial charge on any atom is 0.243 e. The Bertz CT molecular complexity index is 515. The van der Waals surface area contributed by atoms with Gasteiger partial charge in [-0.1, -0.05) is 48.4 Å². The second kappa shape index (κ2) is 11.8. The lowest BCUT2D eigenvalue weighted by Crippen LogP contribution is -2.27. The molecule has 0 aliphatic rings. The van der Waals surface area contributed by atoms with Gasteiger partial charge < -0.3 is 5.11 Å². The third kappa shape index (κ3) is 9.86. The topological polar surface area (TPSA) is 81.6 Å². The van der Waals surface area contributed by atoms with Gasteiger partial charge in [0.1, 0.15) is 6.23 Å². The van der Waals surface area contributed by atoms with Gasteiger partial charge in [-0.3, -0.25) is 15.3 Å². The Morgan fingerprint density at radius 1 is 1.17 bits per heavy atom. The van der Waals surface area contributed by atoms with Crippen molar-refractivity contribution in [3.63, 3.8) is 0 Å². The Kier molecular flexibility index (Phi) is 9.99. The lowest BCUT2D eigenvalue weighted by molar-refractivity contribution is -0.129. The molecule has 1 atom stereocenters. The smallest absolute Gasteiger partial charge is 0.243 e. The van der Waals surface area contributed by atoms with Crippen molar-refractivity contribution in [2.45, 2.75) is 31.9 Å². The van der Waals surface area contributed by atoms with Crippen molar-refractivity contribution in [1.82, 2.24) is 10.8 Å². The second-order valence-electron chi connectivity index (χ2n) is 5.04. The van der Waals surface area contributed by atoms with E-state index in [1.807, 2.05) is 36.4 Å². The standard InChI is InChI=1S/C17H23ClN2O3/c18-15-11-9-14(10-12-15)6-3-4-7-16(21)19-13-5-1-2-8-17(22)20-23/h3-4,6-7,9-12,16,19,21,23H,1-2,5,8,13H2,(H,20,22)/b6-3+,7-4+. The normalized spacial score (nSPS) is 12.8. The van der Waals surface area contributed by atoms with Gasteiger partial charge in [0, 0.05) is 11.4 Å². The van der Waals surface area contributed by atoms with Crippen LogP contribution >= 0.6 is 11.6 Å². The van der Waals surface area contributed by atoms with E-state index in [0.717, 1.165) is 18.4 Å². The van der Waals surface area contributed by atoms with Gasteiger partial charge in [0.15, 0.2) is 0 Å². The molecule has 126 valence electrons. The second-order valence-corrected chi connectivity index (χ2v) is 5.48. The van der Waals surface area contributed by atoms with Crippen LogP contribution in [0.25, 0.3) is 6.08 Å². The van der Waals surface area contributed by atoms with Crippen LogP contribution in [-0.4, -0.2) is 29.0 Å². The summed E-state index contributed by atoms with van der Waals surface area (Å²) in [5.74, 6) is -0.367. The van der Waals surface area contributed by atoms with Crippen LogP contribution in [-0.2, 0) is 4.79 Å². The van der Waals surface area contributed by atoms with E-state index in [-0.39, 0.29) is 5.91 Å². The van der Waals surface area contributed by atoms with Gasteiger partial charge in [0.05, 0.1) is 0 Å². The van der Waals surface area contributed by atoms with Gasteiger partial charge in [0.25, 0.3) is 0 Å². The first-order chi connectivity index (χ1) is 11.1. The summed E-state index contributed by atoms with van der Waals surface area (Å²) in [6, 6.07) is 7.48. The van der Waals surface area contributed by atoms with Gasteiger partial charge in [-0.15, -0.1) is 0 Å². The Balaban J connectivity index is 2.12. The number of halogens is 1. The Hall–Kier alpha value is -1.66. The summed E-state index contributed by atoms with van der Waals surface area (Å²) < 4.78 is 0. The molecule has 0 bridgehead atoms. The van der Waals surface area contributed by atoms with E-state index in [0.29, 0.717) is 24.4 Å². The van der Waals surface area contributed by atoms with Crippen molar-refractivity contribution < 1.29 is 15.1 Å². The molecule has 1 aromatic carbocycles. The third-order valence-electron chi connectivity index (χ3n) is 3.12. The zero-order valence-corrected chi connectivity index (χ0v) is 13.7. The van der Waals surface area contributed by atoms with Gasteiger partial charge in [0.2, 0.25) is 5.91 Å². The van der Waals surface area contributed by atoms with Crippen molar-refractivity contribution in [2.75, 3.05) is 6.54 Å². The molecule has 4 N–H and O–H groups in total. The predicted octanol–water partition coefficient (Wildman–Crippen LogP) is 2.88. The average molecular weight is 339 g/mol. The molecule has 0 fully saturated rings. The zero-order chi connectivity index (χ0) is 16.9. The van der Waals surface area contributed by atoms with Crippen LogP contribution in [0.3, 0.4) is 0 Å². The van der Waals surface area contributed by atoms with Crippen LogP contribution in [0.4, 0.5) is 0 Å². The van der Waals surface area contributed by atoms with Crippen LogP contribution in [0, 0.1) is 0 Å². The monoisotopic (exact) mass is 338 g/mol. The summed E-state index contributed by atoms with van der Waals surface area (Å²) in [5.41, 5.74) is 2.64. The first kappa shape index (κ1) is 19.4. The van der Waals surface area contributed by atoms with Crippen molar-refractivity contribution in [1.29, 1.82) is 0 Å². The molecule has 0 saturated carbocycles. The molecule has 0 aliphatic carbocycles. The summed E-state index contributed by atoms with van der Waals surface area (Å²) in [7, 11) is 0. The van der Waals surface area contributed by atoms with Crippen LogP contribution in [0.15, 0.2) is 42.5 Å². The number of hydrogen-bond acceptors (Lipinski definition) is 4. The molecule has 5 nitrogen and oxygen atoms in total. The summed E-state index contributed by atoms with van der Waals surface area (Å²) in [5, 5.41) is 21.7. The highest BCUT2D eigenvalue weighted by Crippen LogP contribution is 2.10. The van der Waals surface area contributed by atoms with Crippen LogP contribution in [0.2, 0.25) is 5.02 Å². The minimum atomic E-state index is -0.703. The number of benzene rings is 1. The Morgan fingerprint density at radius 3 is 2.61 bits per heavy atom. The molecule has 1 unspecified atom stereocenters. The summed E-state index contributed by atoms with van der Waals surface area (Å²) in [6.45, 7) is 0.660. The molecule has 1 aromatic rings. The van der Waals surface area contributed by atoms with E-state index in [4.69, 9.17) is 16.8 Å². The average Bonchev–Trinajstić information content (AvgIpc) is 2.56. The molecule has 6 heteroatoms. The van der Waals surface area contributed by atoms with E-state index in [9.17, 15) is 9.90 Å². The fourth-order valence-electron chi connectivity index (χ4n) is 1.87. The first-order valence-electron chi connectivity index (χ1n) is 7.56. The van der Waals surface area contributed by atoms with E-state index in [1.165, 1.54) is 0 Å². The molecule has 0 radical (unpaired) electrons. The highest BCUT2D eigenvalue weighted by atomic mass is 35.5. The maximum absolute atomic E-state index is 10.8. The lowest BCUT2D eigenvalue weighted by Gasteiger charge is -2.07. The maximum atomic E-state index is 10.8. The molecule has 1 amide bonds. The van der Waals surface area contributed by atoms with Crippen molar-refractivity contribution >= 4 is 23.6 Å². The van der Waals surface area contributed by atoms with Crippen LogP contribution in [0.5, 0.6) is 0 Å². The van der Waals surface area contributed by atoms with Crippen LogP contribution < -0.4 is 10.8 Å². The number of nitrogens with one attached hydrogen (secondary N) is 2. The van der Waals surface area contributed by atoms with Gasteiger partial charge in [-0.25, -0.2) is 5.48 Å². The number of unbranched alkanes of at least 4 members (excludes halogenated alkanes) is 2. The summed E-state index contributed by atoms with van der Waals surface area (Å²) >= 11 is 5.81. The summed E-state index contributed by atoms with van der Waals surface area (Å²) in [6.07, 6.45) is 9.23. The van der Waals surface area contributed by atoms with Crippen molar-refractivity contribution in [3.8, 4) is 0 Å². The molecule has 0 aliphatic heterocycles. The number of hydrogen-bond donors (Lipinski definition) is 4. The lowest BCUT2D eigenvalue weighted by atomic mass is 10.2. The minimum absolute atomic E-state index is 0.314. The fraction of sp³-hybridized carbons (Fsp3) is 0.353. The molecular weight excluding hydrogens is 316 g/mol. The number of carbonyl (C=O) groups is 1. The molecular formula is C17H23ClN2O3. The fourth-order valence-corrected chi connectivity index (χ4v) is 2.00. The van der Waals surface area contributed by atoms with Gasteiger partial charge in [-0.05, 0) is 43.2 Å². The molecule has 0 spiro atoms. The number of aliphatic hydroxyl groups excluding tert-OH is 1. The van der Waals surface area contributed by atoms with Gasteiger partial charge in [-0.2, -0.15) is 0 Å². The quantitative estimate of drug-likeness (QED) is 0.174. The van der Waals surface area contributed by atoms with E-state index in [2.05, 4.69) is 5.32 Å². The zero-order valence-electron chi connectivity index (χ0n) is 12.9. The molecule has 0 heterocycles. The number of allylic oxidation sites excluding steroid dienone is 2. The molecule has 0 aromatic heterocycles. The molecule has 0 saturated heterocycles. The van der Waals surface area contributed by atoms with E-state index >= 15 is 0 Å². The van der Waals surface area contributed by atoms with Crippen molar-refractivity contribution in [3.05, 3.63) is 53.1 Å². The number of aliphatic hydroxyl groups is 1. The highest BCUT2D eigenvalue weighted by Gasteiger charge is 1.99. The summed E-state index contributed by atoms with van der Waals surface area (Å²) in [4.78, 5) is 10.8. The largest absolute Gasteiger partial charge is 0.375 e.